The van der Waals surface area contributed by atoms with Crippen molar-refractivity contribution >= 4 is 36.4 Å². The summed E-state index contributed by atoms with van der Waals surface area (Å²) in [6, 6.07) is 0.303. The van der Waals surface area contributed by atoms with E-state index in [0.717, 1.165) is 38.5 Å². The molecule has 1 spiro atoms. The molecule has 0 atom stereocenters. The van der Waals surface area contributed by atoms with Gasteiger partial charge in [-0.05, 0) is 6.92 Å². The molecule has 2 aliphatic carbocycles. The molecule has 1 N–H and O–H groups in total. The van der Waals surface area contributed by atoms with E-state index in [0.29, 0.717) is 17.2 Å². The molecule has 4 nitrogen and oxygen atoms in total. The Kier molecular flexibility index (Phi) is 6.34. The average Bonchev–Trinajstić information content (AvgIpc) is 2.59. The predicted molar refractivity (Wildman–Crippen MR) is 95.5 cm³/mol. The molecular weight excluding hydrogens is 403 g/mol. The summed E-state index contributed by atoms with van der Waals surface area (Å²) in [6.07, 6.45) is 11.2. The van der Waals surface area contributed by atoms with Gasteiger partial charge >= 0.3 is 138 Å². The van der Waals surface area contributed by atoms with Crippen LogP contribution in [-0.4, -0.2) is 58.4 Å². The van der Waals surface area contributed by atoms with Crippen molar-refractivity contribution in [3.8, 4) is 0 Å². The van der Waals surface area contributed by atoms with Gasteiger partial charge in [0.05, 0.1) is 0 Å². The first-order valence-corrected chi connectivity index (χ1v) is 11.3. The van der Waals surface area contributed by atoms with Crippen molar-refractivity contribution in [2.75, 3.05) is 13.1 Å². The first-order chi connectivity index (χ1) is 11.5. The van der Waals surface area contributed by atoms with Crippen LogP contribution in [0.3, 0.4) is 0 Å². The third-order valence-corrected chi connectivity index (χ3v) is 8.40. The Bertz CT molecular complexity index is 456. The van der Waals surface area contributed by atoms with Gasteiger partial charge in [-0.3, -0.25) is 4.79 Å². The molecule has 0 unspecified atom stereocenters. The summed E-state index contributed by atoms with van der Waals surface area (Å²) in [4.78, 5) is 24.1. The van der Waals surface area contributed by atoms with Crippen LogP contribution in [0.4, 0.5) is 0 Å². The zero-order valence-electron chi connectivity index (χ0n) is 15.1. The fourth-order valence-electron chi connectivity index (χ4n) is 4.95. The third kappa shape index (κ3) is 4.57. The van der Waals surface area contributed by atoms with E-state index in [-0.39, 0.29) is 17.7 Å². The van der Waals surface area contributed by atoms with Gasteiger partial charge in [0.1, 0.15) is 5.78 Å². The molecule has 1 heterocycles. The van der Waals surface area contributed by atoms with Crippen LogP contribution in [0, 0.1) is 17.3 Å². The van der Waals surface area contributed by atoms with Crippen molar-refractivity contribution in [1.82, 2.24) is 8.20 Å². The van der Waals surface area contributed by atoms with Crippen LogP contribution in [0.15, 0.2) is 0 Å². The normalized spacial score (nSPS) is 31.7. The molecule has 24 heavy (non-hydrogen) atoms. The SMILES string of the molecule is CC(=O)C1CCC(NC(=O)C2CCC3(CC2)CC[N]([In])CC3)CC1. The molecule has 1 amide bonds. The molecule has 2 saturated carbocycles. The summed E-state index contributed by atoms with van der Waals surface area (Å²) in [7, 11) is 0. The van der Waals surface area contributed by atoms with Crippen LogP contribution in [0.5, 0.6) is 0 Å². The molecular formula is C19H31InN2O2. The van der Waals surface area contributed by atoms with Gasteiger partial charge in [-0.25, -0.2) is 0 Å². The fourth-order valence-corrected chi connectivity index (χ4v) is 5.69. The predicted octanol–water partition coefficient (Wildman–Crippen LogP) is 2.61. The molecule has 1 aliphatic heterocycles. The van der Waals surface area contributed by atoms with E-state index < -0.39 is 0 Å². The molecule has 0 bridgehead atoms. The van der Waals surface area contributed by atoms with Crippen molar-refractivity contribution in [2.24, 2.45) is 17.3 Å². The Morgan fingerprint density at radius 2 is 1.50 bits per heavy atom. The van der Waals surface area contributed by atoms with Crippen LogP contribution < -0.4 is 5.32 Å². The van der Waals surface area contributed by atoms with Crippen molar-refractivity contribution in [2.45, 2.75) is 77.2 Å². The quantitative estimate of drug-likeness (QED) is 0.743. The minimum absolute atomic E-state index is 0.231. The van der Waals surface area contributed by atoms with Crippen LogP contribution in [0.25, 0.3) is 0 Å². The number of carbonyl (C=O) groups is 2. The van der Waals surface area contributed by atoms with Crippen LogP contribution >= 0.6 is 0 Å². The number of carbonyl (C=O) groups excluding carboxylic acids is 2. The van der Waals surface area contributed by atoms with Gasteiger partial charge in [-0.15, -0.1) is 0 Å². The van der Waals surface area contributed by atoms with Gasteiger partial charge in [0.2, 0.25) is 0 Å². The van der Waals surface area contributed by atoms with E-state index in [9.17, 15) is 9.59 Å². The molecule has 3 aliphatic rings. The summed E-state index contributed by atoms with van der Waals surface area (Å²) in [6.45, 7) is 4.25. The Labute approximate surface area is 161 Å². The monoisotopic (exact) mass is 434 g/mol. The number of piperidine rings is 1. The fraction of sp³-hybridized carbons (Fsp3) is 0.895. The molecule has 2 radical (unpaired) electrons. The molecule has 1 saturated heterocycles. The molecule has 0 aromatic rings. The van der Waals surface area contributed by atoms with Gasteiger partial charge in [-0.2, -0.15) is 0 Å². The van der Waals surface area contributed by atoms with Gasteiger partial charge in [0.15, 0.2) is 0 Å². The maximum absolute atomic E-state index is 12.6. The summed E-state index contributed by atoms with van der Waals surface area (Å²) in [5.41, 5.74) is 0.551. The second-order valence-electron chi connectivity index (χ2n) is 8.48. The van der Waals surface area contributed by atoms with E-state index in [1.165, 1.54) is 63.4 Å². The van der Waals surface area contributed by atoms with E-state index >= 15 is 0 Å². The van der Waals surface area contributed by atoms with Crippen molar-refractivity contribution in [3.05, 3.63) is 0 Å². The molecule has 3 rings (SSSR count). The van der Waals surface area contributed by atoms with Gasteiger partial charge in [-0.1, -0.05) is 0 Å². The number of hydrogen-bond acceptors (Lipinski definition) is 3. The number of amides is 1. The minimum atomic E-state index is 0.231. The third-order valence-electron chi connectivity index (χ3n) is 6.92. The standard InChI is InChI=1S/C19H31N2O2.In/c1-14(22)15-2-4-17(5-3-15)21-18(23)16-6-8-19(9-7-16)10-12-20-13-11-19;/h15-17H,2-13H2,1H3,(H,21,23);/q-1;+1. The number of rotatable bonds is 3. The Morgan fingerprint density at radius 1 is 0.917 bits per heavy atom. The molecule has 0 aromatic carbocycles. The molecule has 0 aromatic heterocycles. The molecule has 5 heteroatoms. The zero-order valence-corrected chi connectivity index (χ0v) is 18.4. The molecule has 3 fully saturated rings. The van der Waals surface area contributed by atoms with Crippen molar-refractivity contribution in [1.29, 1.82) is 0 Å². The number of ketones is 1. The van der Waals surface area contributed by atoms with E-state index in [1.54, 1.807) is 6.92 Å². The second kappa shape index (κ2) is 8.11. The Hall–Kier alpha value is -0.0299. The van der Waals surface area contributed by atoms with E-state index in [2.05, 4.69) is 8.20 Å². The van der Waals surface area contributed by atoms with Crippen LogP contribution in [0.2, 0.25) is 0 Å². The maximum atomic E-state index is 12.6. The number of hydrogen-bond donors (Lipinski definition) is 1. The summed E-state index contributed by atoms with van der Waals surface area (Å²) in [5, 5.41) is 3.29. The van der Waals surface area contributed by atoms with Gasteiger partial charge in [0.25, 0.3) is 0 Å². The zero-order chi connectivity index (χ0) is 17.2. The van der Waals surface area contributed by atoms with Gasteiger partial charge < -0.3 is 0 Å². The number of nitrogens with one attached hydrogen (secondary N) is 1. The second-order valence-corrected chi connectivity index (χ2v) is 10.6. The van der Waals surface area contributed by atoms with Crippen molar-refractivity contribution < 1.29 is 9.59 Å². The summed E-state index contributed by atoms with van der Waals surface area (Å²) < 4.78 is 2.56. The van der Waals surface area contributed by atoms with E-state index in [1.807, 2.05) is 0 Å². The molecule has 132 valence electrons. The van der Waals surface area contributed by atoms with Crippen LogP contribution in [-0.2, 0) is 9.59 Å². The number of nitrogens with zero attached hydrogens (tertiary/aromatic N) is 1. The summed E-state index contributed by atoms with van der Waals surface area (Å²) in [5.74, 6) is 1.07. The first-order valence-electron chi connectivity index (χ1n) is 9.78. The average molecular weight is 434 g/mol. The van der Waals surface area contributed by atoms with Crippen LogP contribution in [0.1, 0.15) is 71.1 Å². The summed E-state index contributed by atoms with van der Waals surface area (Å²) >= 11 is 1.26. The first kappa shape index (κ1) is 18.8. The van der Waals surface area contributed by atoms with E-state index in [4.69, 9.17) is 0 Å². The van der Waals surface area contributed by atoms with Gasteiger partial charge in [0, 0.05) is 5.92 Å². The number of Topliss-reactive ketones (excluding diaryl/α,β-unsaturated/α-hetero) is 1. The topological polar surface area (TPSA) is 49.4 Å². The Morgan fingerprint density at radius 3 is 2.04 bits per heavy atom. The Balaban J connectivity index is 1.42. The van der Waals surface area contributed by atoms with Crippen molar-refractivity contribution in [3.63, 3.8) is 0 Å².